The van der Waals surface area contributed by atoms with Crippen molar-refractivity contribution in [3.05, 3.63) is 29.8 Å². The molecule has 0 heterocycles. The number of nitrogens with two attached hydrogens (primary N) is 1. The summed E-state index contributed by atoms with van der Waals surface area (Å²) < 4.78 is 0. The highest BCUT2D eigenvalue weighted by Gasteiger charge is 2.49. The van der Waals surface area contributed by atoms with Crippen LogP contribution < -0.4 is 11.1 Å². The lowest BCUT2D eigenvalue weighted by Crippen LogP contribution is -2.42. The van der Waals surface area contributed by atoms with Crippen LogP contribution in [0.3, 0.4) is 0 Å². The van der Waals surface area contributed by atoms with Gasteiger partial charge in [0, 0.05) is 30.4 Å². The lowest BCUT2D eigenvalue weighted by atomic mass is 9.84. The molecule has 2 aliphatic carbocycles. The first-order valence-corrected chi connectivity index (χ1v) is 9.00. The number of nitrogens with one attached hydrogen (secondary N) is 1. The number of carbonyl (C=O) groups excluding carboxylic acids is 2. The summed E-state index contributed by atoms with van der Waals surface area (Å²) in [6.45, 7) is 5.31. The van der Waals surface area contributed by atoms with Gasteiger partial charge in [0.05, 0.1) is 5.92 Å². The number of amides is 2. The van der Waals surface area contributed by atoms with Crippen LogP contribution in [0.2, 0.25) is 0 Å². The normalized spacial score (nSPS) is 26.8. The van der Waals surface area contributed by atoms with Crippen molar-refractivity contribution in [3.63, 3.8) is 0 Å². The SMILES string of the molecule is CCN(CC)C(=O)c1ccc(NC(=O)C2C3CCC(C3)C2N)cc1.Cl. The second-order valence-electron chi connectivity index (χ2n) is 6.98. The van der Waals surface area contributed by atoms with Crippen LogP contribution in [0.5, 0.6) is 0 Å². The lowest BCUT2D eigenvalue weighted by molar-refractivity contribution is -0.121. The van der Waals surface area contributed by atoms with Crippen molar-refractivity contribution in [2.75, 3.05) is 18.4 Å². The van der Waals surface area contributed by atoms with Gasteiger partial charge in [-0.15, -0.1) is 12.4 Å². The van der Waals surface area contributed by atoms with Gasteiger partial charge in [-0.1, -0.05) is 0 Å². The first kappa shape index (κ1) is 19.7. The Balaban J connectivity index is 0.00000225. The fourth-order valence-electron chi connectivity index (χ4n) is 4.34. The summed E-state index contributed by atoms with van der Waals surface area (Å²) >= 11 is 0. The van der Waals surface area contributed by atoms with Gasteiger partial charge in [0.2, 0.25) is 5.91 Å². The first-order chi connectivity index (χ1) is 11.5. The molecule has 2 saturated carbocycles. The number of hydrogen-bond donors (Lipinski definition) is 2. The third kappa shape index (κ3) is 3.82. The van der Waals surface area contributed by atoms with Gasteiger partial charge < -0.3 is 16.0 Å². The second-order valence-corrected chi connectivity index (χ2v) is 6.98. The van der Waals surface area contributed by atoms with Crippen molar-refractivity contribution in [2.45, 2.75) is 39.2 Å². The molecule has 0 aromatic heterocycles. The van der Waals surface area contributed by atoms with Gasteiger partial charge in [0.15, 0.2) is 0 Å². The minimum Gasteiger partial charge on any atom is -0.339 e. The highest BCUT2D eigenvalue weighted by atomic mass is 35.5. The molecule has 2 fully saturated rings. The highest BCUT2D eigenvalue weighted by molar-refractivity contribution is 5.96. The number of nitrogens with zero attached hydrogens (tertiary/aromatic N) is 1. The zero-order valence-electron chi connectivity index (χ0n) is 14.9. The molecular weight excluding hydrogens is 338 g/mol. The molecule has 4 unspecified atom stereocenters. The fourth-order valence-corrected chi connectivity index (χ4v) is 4.34. The van der Waals surface area contributed by atoms with E-state index >= 15 is 0 Å². The van der Waals surface area contributed by atoms with Gasteiger partial charge >= 0.3 is 0 Å². The predicted molar refractivity (Wildman–Crippen MR) is 102 cm³/mol. The Kier molecular flexibility index (Phi) is 6.47. The number of anilines is 1. The van der Waals surface area contributed by atoms with Crippen LogP contribution in [0, 0.1) is 17.8 Å². The Morgan fingerprint density at radius 1 is 1.12 bits per heavy atom. The van der Waals surface area contributed by atoms with Gasteiger partial charge in [-0.3, -0.25) is 9.59 Å². The second kappa shape index (κ2) is 8.19. The largest absolute Gasteiger partial charge is 0.339 e. The van der Waals surface area contributed by atoms with Crippen molar-refractivity contribution in [1.29, 1.82) is 0 Å². The van der Waals surface area contributed by atoms with E-state index in [1.165, 1.54) is 0 Å². The molecule has 0 aliphatic heterocycles. The maximum Gasteiger partial charge on any atom is 0.253 e. The van der Waals surface area contributed by atoms with Gasteiger partial charge in [-0.2, -0.15) is 0 Å². The molecule has 3 rings (SSSR count). The van der Waals surface area contributed by atoms with Crippen LogP contribution in [0.25, 0.3) is 0 Å². The fraction of sp³-hybridized carbons (Fsp3) is 0.579. The highest BCUT2D eigenvalue weighted by Crippen LogP contribution is 2.47. The van der Waals surface area contributed by atoms with Crippen LogP contribution in [-0.4, -0.2) is 35.8 Å². The van der Waals surface area contributed by atoms with Crippen molar-refractivity contribution in [1.82, 2.24) is 4.90 Å². The third-order valence-electron chi connectivity index (χ3n) is 5.73. The molecule has 4 atom stereocenters. The van der Waals surface area contributed by atoms with Crippen LogP contribution in [0.4, 0.5) is 5.69 Å². The summed E-state index contributed by atoms with van der Waals surface area (Å²) in [6, 6.07) is 7.14. The minimum absolute atomic E-state index is 0. The van der Waals surface area contributed by atoms with E-state index in [4.69, 9.17) is 5.73 Å². The third-order valence-corrected chi connectivity index (χ3v) is 5.73. The number of fused-ring (bicyclic) bond motifs is 2. The average Bonchev–Trinajstić information content (AvgIpc) is 3.17. The molecule has 138 valence electrons. The molecule has 0 saturated heterocycles. The van der Waals surface area contributed by atoms with Crippen LogP contribution in [-0.2, 0) is 4.79 Å². The standard InChI is InChI=1S/C19H27N3O2.ClH/c1-3-22(4-2)19(24)12-7-9-15(10-8-12)21-18(23)16-13-5-6-14(11-13)17(16)20;/h7-10,13-14,16-17H,3-6,11,20H2,1-2H3,(H,21,23);1H. The molecule has 2 bridgehead atoms. The van der Waals surface area contributed by atoms with E-state index < -0.39 is 0 Å². The van der Waals surface area contributed by atoms with Crippen LogP contribution >= 0.6 is 12.4 Å². The van der Waals surface area contributed by atoms with E-state index in [0.29, 0.717) is 30.5 Å². The Bertz CT molecular complexity index is 614. The van der Waals surface area contributed by atoms with Crippen molar-refractivity contribution in [3.8, 4) is 0 Å². The van der Waals surface area contributed by atoms with Crippen LogP contribution in [0.1, 0.15) is 43.5 Å². The Hall–Kier alpha value is -1.59. The number of benzene rings is 1. The lowest BCUT2D eigenvalue weighted by Gasteiger charge is -2.27. The van der Waals surface area contributed by atoms with E-state index in [-0.39, 0.29) is 36.2 Å². The number of hydrogen-bond acceptors (Lipinski definition) is 3. The predicted octanol–water partition coefficient (Wildman–Crippen LogP) is 2.90. The summed E-state index contributed by atoms with van der Waals surface area (Å²) in [5.74, 6) is 0.930. The van der Waals surface area contributed by atoms with Crippen LogP contribution in [0.15, 0.2) is 24.3 Å². The molecule has 2 aliphatic rings. The van der Waals surface area contributed by atoms with E-state index in [0.717, 1.165) is 24.9 Å². The topological polar surface area (TPSA) is 75.4 Å². The molecule has 1 aromatic carbocycles. The van der Waals surface area contributed by atoms with Crippen molar-refractivity contribution in [2.24, 2.45) is 23.5 Å². The quantitative estimate of drug-likeness (QED) is 0.842. The smallest absolute Gasteiger partial charge is 0.253 e. The zero-order valence-corrected chi connectivity index (χ0v) is 15.7. The summed E-state index contributed by atoms with van der Waals surface area (Å²) in [4.78, 5) is 26.6. The summed E-state index contributed by atoms with van der Waals surface area (Å²) in [7, 11) is 0. The monoisotopic (exact) mass is 365 g/mol. The number of halogens is 1. The van der Waals surface area contributed by atoms with Gasteiger partial charge in [0.1, 0.15) is 0 Å². The summed E-state index contributed by atoms with van der Waals surface area (Å²) in [6.07, 6.45) is 3.38. The summed E-state index contributed by atoms with van der Waals surface area (Å²) in [5.41, 5.74) is 7.61. The van der Waals surface area contributed by atoms with E-state index in [2.05, 4.69) is 5.32 Å². The Morgan fingerprint density at radius 3 is 2.24 bits per heavy atom. The molecule has 0 radical (unpaired) electrons. The molecule has 3 N–H and O–H groups in total. The van der Waals surface area contributed by atoms with Gasteiger partial charge in [-0.25, -0.2) is 0 Å². The maximum absolute atomic E-state index is 12.6. The number of rotatable bonds is 5. The molecule has 0 spiro atoms. The van der Waals surface area contributed by atoms with Gasteiger partial charge in [0.25, 0.3) is 5.91 Å². The Labute approximate surface area is 155 Å². The molecular formula is C19H28ClN3O2. The molecule has 25 heavy (non-hydrogen) atoms. The molecule has 6 heteroatoms. The minimum atomic E-state index is -0.0688. The van der Waals surface area contributed by atoms with E-state index in [1.54, 1.807) is 29.2 Å². The summed E-state index contributed by atoms with van der Waals surface area (Å²) in [5, 5.41) is 2.98. The van der Waals surface area contributed by atoms with E-state index in [9.17, 15) is 9.59 Å². The van der Waals surface area contributed by atoms with Gasteiger partial charge in [-0.05, 0) is 69.2 Å². The van der Waals surface area contributed by atoms with E-state index in [1.807, 2.05) is 13.8 Å². The zero-order chi connectivity index (χ0) is 17.3. The first-order valence-electron chi connectivity index (χ1n) is 9.00. The maximum atomic E-state index is 12.6. The van der Waals surface area contributed by atoms with Crippen molar-refractivity contribution >= 4 is 29.9 Å². The molecule has 1 aromatic rings. The van der Waals surface area contributed by atoms with Crippen molar-refractivity contribution < 1.29 is 9.59 Å². The molecule has 2 amide bonds. The average molecular weight is 366 g/mol. The molecule has 5 nitrogen and oxygen atoms in total. The Morgan fingerprint density at radius 2 is 1.72 bits per heavy atom. The number of carbonyl (C=O) groups is 2.